The van der Waals surface area contributed by atoms with Crippen molar-refractivity contribution in [3.63, 3.8) is 0 Å². The first kappa shape index (κ1) is 29.1. The highest BCUT2D eigenvalue weighted by atomic mass is 14.6. The van der Waals surface area contributed by atoms with Crippen LogP contribution >= 0.6 is 0 Å². The number of hydrogen-bond donors (Lipinski definition) is 0. The zero-order chi connectivity index (χ0) is 31.4. The molecule has 0 radical (unpaired) electrons. The van der Waals surface area contributed by atoms with E-state index in [1.54, 1.807) is 0 Å². The molecule has 0 aromatic heterocycles. The second-order valence-electron chi connectivity index (χ2n) is 13.1. The van der Waals surface area contributed by atoms with E-state index in [2.05, 4.69) is 149 Å². The van der Waals surface area contributed by atoms with Gasteiger partial charge in [-0.25, -0.2) is 0 Å². The van der Waals surface area contributed by atoms with E-state index in [0.717, 1.165) is 38.5 Å². The molecule has 0 amide bonds. The molecule has 0 heteroatoms. The lowest BCUT2D eigenvalue weighted by atomic mass is 9.64. The molecule has 0 fully saturated rings. The summed E-state index contributed by atoms with van der Waals surface area (Å²) in [5.41, 5.74) is 15.8. The van der Waals surface area contributed by atoms with Crippen molar-refractivity contribution in [1.29, 1.82) is 0 Å². The largest absolute Gasteiger partial charge is 0.103 e. The average Bonchev–Trinajstić information content (AvgIpc) is 3.60. The molecular formula is C45H42. The Balaban J connectivity index is 1.83. The Morgan fingerprint density at radius 3 is 0.800 bits per heavy atom. The number of hydrogen-bond acceptors (Lipinski definition) is 0. The molecule has 4 aromatic rings. The SMILES string of the molecule is C=CCC1(CC=C)c2ccccc2-c2c1c1c(c3c2C(CC=C)(CC=C)c2ccccc2-3)C(CC=C)(CC=C)c2ccccc2-1. The molecule has 0 aliphatic heterocycles. The maximum atomic E-state index is 4.33. The van der Waals surface area contributed by atoms with Gasteiger partial charge in [-0.2, -0.15) is 0 Å². The molecule has 0 spiro atoms. The lowest BCUT2D eigenvalue weighted by Crippen LogP contribution is -2.29. The third-order valence-electron chi connectivity index (χ3n) is 11.0. The Hall–Kier alpha value is -4.68. The van der Waals surface area contributed by atoms with Crippen LogP contribution in [0.1, 0.15) is 71.9 Å². The van der Waals surface area contributed by atoms with Gasteiger partial charge in [0.1, 0.15) is 0 Å². The van der Waals surface area contributed by atoms with Gasteiger partial charge in [0.15, 0.2) is 0 Å². The van der Waals surface area contributed by atoms with Crippen LogP contribution in [-0.2, 0) is 16.2 Å². The number of fused-ring (bicyclic) bond motifs is 12. The van der Waals surface area contributed by atoms with Crippen molar-refractivity contribution >= 4 is 0 Å². The Morgan fingerprint density at radius 2 is 0.578 bits per heavy atom. The summed E-state index contributed by atoms with van der Waals surface area (Å²) in [6.07, 6.45) is 17.7. The molecule has 0 unspecified atom stereocenters. The summed E-state index contributed by atoms with van der Waals surface area (Å²) in [5, 5.41) is 0. The van der Waals surface area contributed by atoms with Crippen molar-refractivity contribution in [3.8, 4) is 33.4 Å². The minimum atomic E-state index is -0.289. The van der Waals surface area contributed by atoms with E-state index in [9.17, 15) is 0 Å². The van der Waals surface area contributed by atoms with Crippen molar-refractivity contribution in [1.82, 2.24) is 0 Å². The van der Waals surface area contributed by atoms with Crippen molar-refractivity contribution < 1.29 is 0 Å². The van der Waals surface area contributed by atoms with Gasteiger partial charge in [0.25, 0.3) is 0 Å². The van der Waals surface area contributed by atoms with Gasteiger partial charge in [0.2, 0.25) is 0 Å². The first-order valence-electron chi connectivity index (χ1n) is 16.3. The van der Waals surface area contributed by atoms with E-state index >= 15 is 0 Å². The van der Waals surface area contributed by atoms with E-state index < -0.39 is 0 Å². The predicted octanol–water partition coefficient (Wildman–Crippen LogP) is 11.9. The van der Waals surface area contributed by atoms with Gasteiger partial charge in [0, 0.05) is 16.2 Å². The van der Waals surface area contributed by atoms with E-state index in [0.29, 0.717) is 0 Å². The van der Waals surface area contributed by atoms with Crippen LogP contribution in [0.15, 0.2) is 149 Å². The molecule has 0 saturated carbocycles. The van der Waals surface area contributed by atoms with Gasteiger partial charge in [-0.05, 0) is 105 Å². The molecular weight excluding hydrogens is 540 g/mol. The van der Waals surface area contributed by atoms with E-state index in [4.69, 9.17) is 0 Å². The summed E-state index contributed by atoms with van der Waals surface area (Å²) >= 11 is 0. The first-order chi connectivity index (χ1) is 22.0. The van der Waals surface area contributed by atoms with Crippen LogP contribution in [0.25, 0.3) is 33.4 Å². The summed E-state index contributed by atoms with van der Waals surface area (Å²) in [6.45, 7) is 26.0. The lowest BCUT2D eigenvalue weighted by Gasteiger charge is -2.37. The Labute approximate surface area is 269 Å². The first-order valence-corrected chi connectivity index (χ1v) is 16.3. The molecule has 0 saturated heterocycles. The molecule has 45 heavy (non-hydrogen) atoms. The molecule has 0 heterocycles. The molecule has 7 rings (SSSR count). The van der Waals surface area contributed by atoms with Gasteiger partial charge >= 0.3 is 0 Å². The monoisotopic (exact) mass is 582 g/mol. The number of allylic oxidation sites excluding steroid dienone is 6. The molecule has 4 aromatic carbocycles. The summed E-state index contributed by atoms with van der Waals surface area (Å²) in [7, 11) is 0. The Morgan fingerprint density at radius 1 is 0.356 bits per heavy atom. The molecule has 0 atom stereocenters. The quantitative estimate of drug-likeness (QED) is 0.146. The molecule has 3 aliphatic rings. The van der Waals surface area contributed by atoms with E-state index in [-0.39, 0.29) is 16.2 Å². The maximum absolute atomic E-state index is 4.33. The van der Waals surface area contributed by atoms with Crippen molar-refractivity contribution in [2.75, 3.05) is 0 Å². The Bertz CT molecular complexity index is 1650. The van der Waals surface area contributed by atoms with Crippen LogP contribution < -0.4 is 0 Å². The van der Waals surface area contributed by atoms with Crippen molar-refractivity contribution in [3.05, 3.63) is 182 Å². The summed E-state index contributed by atoms with van der Waals surface area (Å²) in [5.74, 6) is 0. The normalized spacial score (nSPS) is 16.3. The standard InChI is InChI=1S/C45H42/c1-7-25-43(26-8-2)34-22-16-13-19-31(34)37-40(43)38-32-20-14-17-23-35(32)44(27-9-3,28-10-4)42(38)39-33-21-15-18-24-36(33)45(29-11-5,30-12-6)41(37)39/h7-24H,1-6,25-30H2. The fourth-order valence-electron chi connectivity index (χ4n) is 9.75. The van der Waals surface area contributed by atoms with Crippen molar-refractivity contribution in [2.45, 2.75) is 54.8 Å². The topological polar surface area (TPSA) is 0 Å². The average molecular weight is 583 g/mol. The highest BCUT2D eigenvalue weighted by Gasteiger charge is 2.56. The minimum absolute atomic E-state index is 0.289. The second kappa shape index (κ2) is 10.7. The zero-order valence-electron chi connectivity index (χ0n) is 26.4. The smallest absolute Gasteiger partial charge is 0.0290 e. The lowest BCUT2D eigenvalue weighted by molar-refractivity contribution is 0.524. The highest BCUT2D eigenvalue weighted by molar-refractivity contribution is 6.05. The molecule has 0 nitrogen and oxygen atoms in total. The van der Waals surface area contributed by atoms with Gasteiger partial charge in [-0.1, -0.05) is 109 Å². The van der Waals surface area contributed by atoms with Crippen LogP contribution in [0.4, 0.5) is 0 Å². The maximum Gasteiger partial charge on any atom is 0.0290 e. The van der Waals surface area contributed by atoms with Crippen LogP contribution in [0, 0.1) is 0 Å². The number of benzene rings is 4. The third-order valence-corrected chi connectivity index (χ3v) is 11.0. The van der Waals surface area contributed by atoms with Crippen molar-refractivity contribution in [2.24, 2.45) is 0 Å². The van der Waals surface area contributed by atoms with Gasteiger partial charge in [-0.15, -0.1) is 39.5 Å². The Kier molecular flexibility index (Phi) is 6.93. The predicted molar refractivity (Wildman–Crippen MR) is 194 cm³/mol. The minimum Gasteiger partial charge on any atom is -0.103 e. The van der Waals surface area contributed by atoms with Crippen LogP contribution in [-0.4, -0.2) is 0 Å². The van der Waals surface area contributed by atoms with E-state index in [1.165, 1.54) is 66.8 Å². The third kappa shape index (κ3) is 3.54. The summed E-state index contributed by atoms with van der Waals surface area (Å²) < 4.78 is 0. The molecule has 222 valence electrons. The molecule has 0 bridgehead atoms. The van der Waals surface area contributed by atoms with Gasteiger partial charge in [0.05, 0.1) is 0 Å². The molecule has 3 aliphatic carbocycles. The summed E-state index contributed by atoms with van der Waals surface area (Å²) in [6, 6.07) is 27.4. The van der Waals surface area contributed by atoms with Gasteiger partial charge < -0.3 is 0 Å². The fourth-order valence-corrected chi connectivity index (χ4v) is 9.75. The second-order valence-corrected chi connectivity index (χ2v) is 13.1. The fraction of sp³-hybridized carbons (Fsp3) is 0.200. The van der Waals surface area contributed by atoms with Crippen LogP contribution in [0.5, 0.6) is 0 Å². The summed E-state index contributed by atoms with van der Waals surface area (Å²) in [4.78, 5) is 0. The van der Waals surface area contributed by atoms with Crippen LogP contribution in [0.3, 0.4) is 0 Å². The van der Waals surface area contributed by atoms with Crippen LogP contribution in [0.2, 0.25) is 0 Å². The highest BCUT2D eigenvalue weighted by Crippen LogP contribution is 2.70. The van der Waals surface area contributed by atoms with E-state index in [1.807, 2.05) is 0 Å². The molecule has 0 N–H and O–H groups in total. The number of rotatable bonds is 12. The zero-order valence-corrected chi connectivity index (χ0v) is 26.4. The van der Waals surface area contributed by atoms with Gasteiger partial charge in [-0.3, -0.25) is 0 Å².